The van der Waals surface area contributed by atoms with Crippen LogP contribution in [0, 0.1) is 0 Å². The van der Waals surface area contributed by atoms with E-state index in [0.29, 0.717) is 11.6 Å². The molecule has 2 heterocycles. The number of unbranched alkanes of at least 4 members (excludes halogenated alkanes) is 1. The second-order valence-electron chi connectivity index (χ2n) is 5.67. The Morgan fingerprint density at radius 1 is 0.923 bits per heavy atom. The van der Waals surface area contributed by atoms with Crippen LogP contribution in [0.1, 0.15) is 28.4 Å². The van der Waals surface area contributed by atoms with Crippen molar-refractivity contribution < 1.29 is 4.79 Å². The SMILES string of the molecule is CNc1nnc(CCCCc2nnc(NC(=O)Cc3ccccc3)s2)s1. The molecule has 136 valence electrons. The fourth-order valence-electron chi connectivity index (χ4n) is 2.36. The molecule has 3 rings (SSSR count). The van der Waals surface area contributed by atoms with Crippen LogP contribution in [0.15, 0.2) is 30.3 Å². The molecule has 0 atom stereocenters. The third-order valence-electron chi connectivity index (χ3n) is 3.63. The normalized spacial score (nSPS) is 10.7. The quantitative estimate of drug-likeness (QED) is 0.547. The van der Waals surface area contributed by atoms with Crippen molar-refractivity contribution in [1.82, 2.24) is 20.4 Å². The minimum Gasteiger partial charge on any atom is -0.363 e. The molecule has 0 saturated carbocycles. The number of hydrogen-bond donors (Lipinski definition) is 2. The topological polar surface area (TPSA) is 92.7 Å². The molecule has 0 unspecified atom stereocenters. The molecule has 26 heavy (non-hydrogen) atoms. The lowest BCUT2D eigenvalue weighted by molar-refractivity contribution is -0.115. The van der Waals surface area contributed by atoms with E-state index in [4.69, 9.17) is 0 Å². The van der Waals surface area contributed by atoms with Gasteiger partial charge in [-0.25, -0.2) is 0 Å². The van der Waals surface area contributed by atoms with Gasteiger partial charge in [-0.1, -0.05) is 53.0 Å². The van der Waals surface area contributed by atoms with Crippen LogP contribution in [0.3, 0.4) is 0 Å². The number of hydrogen-bond acceptors (Lipinski definition) is 8. The molecule has 3 aromatic rings. The Hall–Kier alpha value is -2.39. The molecule has 7 nitrogen and oxygen atoms in total. The smallest absolute Gasteiger partial charge is 0.230 e. The minimum absolute atomic E-state index is 0.0736. The molecule has 0 spiro atoms. The van der Waals surface area contributed by atoms with Gasteiger partial charge >= 0.3 is 0 Å². The lowest BCUT2D eigenvalue weighted by atomic mass is 10.1. The highest BCUT2D eigenvalue weighted by atomic mass is 32.1. The van der Waals surface area contributed by atoms with E-state index in [1.165, 1.54) is 11.3 Å². The van der Waals surface area contributed by atoms with E-state index in [9.17, 15) is 4.79 Å². The maximum atomic E-state index is 12.0. The first-order valence-corrected chi connectivity index (χ1v) is 10.0. The lowest BCUT2D eigenvalue weighted by Gasteiger charge is -2.00. The van der Waals surface area contributed by atoms with Crippen LogP contribution in [0.4, 0.5) is 10.3 Å². The van der Waals surface area contributed by atoms with Crippen molar-refractivity contribution >= 4 is 38.8 Å². The van der Waals surface area contributed by atoms with Crippen molar-refractivity contribution in [2.45, 2.75) is 32.1 Å². The Balaban J connectivity index is 1.39. The van der Waals surface area contributed by atoms with Crippen molar-refractivity contribution in [2.24, 2.45) is 0 Å². The summed E-state index contributed by atoms with van der Waals surface area (Å²) in [5.74, 6) is -0.0736. The summed E-state index contributed by atoms with van der Waals surface area (Å²) in [4.78, 5) is 12.0. The van der Waals surface area contributed by atoms with Gasteiger partial charge in [0.25, 0.3) is 0 Å². The summed E-state index contributed by atoms with van der Waals surface area (Å²) >= 11 is 3.02. The minimum atomic E-state index is -0.0736. The van der Waals surface area contributed by atoms with E-state index in [2.05, 4.69) is 31.0 Å². The maximum absolute atomic E-state index is 12.0. The van der Waals surface area contributed by atoms with Crippen LogP contribution in [0.2, 0.25) is 0 Å². The third kappa shape index (κ3) is 5.57. The summed E-state index contributed by atoms with van der Waals surface area (Å²) in [6.07, 6.45) is 4.13. The largest absolute Gasteiger partial charge is 0.363 e. The zero-order valence-electron chi connectivity index (χ0n) is 14.4. The Kier molecular flexibility index (Phi) is 6.62. The highest BCUT2D eigenvalue weighted by molar-refractivity contribution is 7.15. The van der Waals surface area contributed by atoms with Gasteiger partial charge in [-0.15, -0.1) is 20.4 Å². The van der Waals surface area contributed by atoms with Gasteiger partial charge in [-0.2, -0.15) is 0 Å². The molecule has 0 saturated heterocycles. The number of aryl methyl sites for hydroxylation is 2. The number of benzene rings is 1. The Labute approximate surface area is 159 Å². The lowest BCUT2D eigenvalue weighted by Crippen LogP contribution is -2.14. The van der Waals surface area contributed by atoms with E-state index < -0.39 is 0 Å². The average Bonchev–Trinajstić information content (AvgIpc) is 3.29. The van der Waals surface area contributed by atoms with Crippen LogP contribution in [-0.4, -0.2) is 33.3 Å². The van der Waals surface area contributed by atoms with Gasteiger partial charge in [0.15, 0.2) is 0 Å². The zero-order chi connectivity index (χ0) is 18.2. The number of rotatable bonds is 9. The predicted octanol–water partition coefficient (Wildman–Crippen LogP) is 3.18. The van der Waals surface area contributed by atoms with Crippen molar-refractivity contribution in [3.05, 3.63) is 45.9 Å². The van der Waals surface area contributed by atoms with Crippen molar-refractivity contribution in [1.29, 1.82) is 0 Å². The highest BCUT2D eigenvalue weighted by Crippen LogP contribution is 2.19. The summed E-state index contributed by atoms with van der Waals surface area (Å²) < 4.78 is 0. The van der Waals surface area contributed by atoms with Crippen LogP contribution >= 0.6 is 22.7 Å². The number of nitrogens with zero attached hydrogens (tertiary/aromatic N) is 4. The molecule has 2 aromatic heterocycles. The van der Waals surface area contributed by atoms with Crippen molar-refractivity contribution in [2.75, 3.05) is 17.7 Å². The first kappa shape index (κ1) is 18.4. The molecular weight excluding hydrogens is 368 g/mol. The second-order valence-corrected chi connectivity index (χ2v) is 7.79. The van der Waals surface area contributed by atoms with Crippen LogP contribution in [0.5, 0.6) is 0 Å². The van der Waals surface area contributed by atoms with Gasteiger partial charge in [0.1, 0.15) is 10.0 Å². The monoisotopic (exact) mass is 388 g/mol. The van der Waals surface area contributed by atoms with E-state index in [0.717, 1.165) is 46.4 Å². The summed E-state index contributed by atoms with van der Waals surface area (Å²) in [5.41, 5.74) is 0.979. The summed E-state index contributed by atoms with van der Waals surface area (Å²) in [7, 11) is 1.84. The van der Waals surface area contributed by atoms with Gasteiger partial charge < -0.3 is 10.6 Å². The van der Waals surface area contributed by atoms with Gasteiger partial charge in [-0.05, 0) is 18.4 Å². The first-order valence-electron chi connectivity index (χ1n) is 8.39. The highest BCUT2D eigenvalue weighted by Gasteiger charge is 2.09. The number of aromatic nitrogens is 4. The summed E-state index contributed by atoms with van der Waals surface area (Å²) in [6.45, 7) is 0. The second kappa shape index (κ2) is 9.35. The molecule has 1 aromatic carbocycles. The molecule has 0 radical (unpaired) electrons. The van der Waals surface area contributed by atoms with E-state index in [1.807, 2.05) is 37.4 Å². The van der Waals surface area contributed by atoms with E-state index in [-0.39, 0.29) is 5.91 Å². The average molecular weight is 389 g/mol. The van der Waals surface area contributed by atoms with Crippen LogP contribution in [-0.2, 0) is 24.1 Å². The number of anilines is 2. The first-order chi connectivity index (χ1) is 12.7. The number of amides is 1. The molecule has 0 bridgehead atoms. The Morgan fingerprint density at radius 2 is 1.54 bits per heavy atom. The molecule has 9 heteroatoms. The number of carbonyl (C=O) groups is 1. The van der Waals surface area contributed by atoms with Crippen LogP contribution < -0.4 is 10.6 Å². The maximum Gasteiger partial charge on any atom is 0.230 e. The molecule has 0 fully saturated rings. The van der Waals surface area contributed by atoms with Gasteiger partial charge in [0, 0.05) is 19.9 Å². The standard InChI is InChI=1S/C17H20N6OS2/c1-18-16-22-20-14(25-16)9-5-6-10-15-21-23-17(26-15)19-13(24)11-12-7-3-2-4-8-12/h2-4,7-8H,5-6,9-11H2,1H3,(H,18,22)(H,19,23,24). The molecule has 1 amide bonds. The summed E-state index contributed by atoms with van der Waals surface area (Å²) in [6, 6.07) is 9.65. The molecule has 0 aliphatic heterocycles. The molecular formula is C17H20N6OS2. The number of nitrogens with one attached hydrogen (secondary N) is 2. The zero-order valence-corrected chi connectivity index (χ0v) is 16.1. The number of carbonyl (C=O) groups excluding carboxylic acids is 1. The fraction of sp³-hybridized carbons (Fsp3) is 0.353. The fourth-order valence-corrected chi connectivity index (χ4v) is 3.89. The van der Waals surface area contributed by atoms with Crippen LogP contribution in [0.25, 0.3) is 0 Å². The van der Waals surface area contributed by atoms with Gasteiger partial charge in [0.05, 0.1) is 6.42 Å². The molecule has 2 N–H and O–H groups in total. The van der Waals surface area contributed by atoms with Crippen molar-refractivity contribution in [3.63, 3.8) is 0 Å². The van der Waals surface area contributed by atoms with Crippen molar-refractivity contribution in [3.8, 4) is 0 Å². The third-order valence-corrected chi connectivity index (χ3v) is 5.53. The molecule has 0 aliphatic rings. The Morgan fingerprint density at radius 3 is 2.15 bits per heavy atom. The predicted molar refractivity (Wildman–Crippen MR) is 105 cm³/mol. The van der Waals surface area contributed by atoms with E-state index in [1.54, 1.807) is 11.3 Å². The van der Waals surface area contributed by atoms with Gasteiger partial charge in [-0.3, -0.25) is 4.79 Å². The van der Waals surface area contributed by atoms with Gasteiger partial charge in [0.2, 0.25) is 16.2 Å². The Bertz CT molecular complexity index is 833. The van der Waals surface area contributed by atoms with E-state index >= 15 is 0 Å². The molecule has 0 aliphatic carbocycles. The summed E-state index contributed by atoms with van der Waals surface area (Å²) in [5, 5.41) is 25.6.